The van der Waals surface area contributed by atoms with Crippen LogP contribution in [-0.2, 0) is 0 Å². The van der Waals surface area contributed by atoms with Crippen molar-refractivity contribution in [2.45, 2.75) is 0 Å². The number of hydrogen-bond donors (Lipinski definition) is 0. The van der Waals surface area contributed by atoms with Crippen LogP contribution in [0.2, 0.25) is 0 Å². The molecule has 4 heteroatoms. The first-order chi connectivity index (χ1) is 25.7. The van der Waals surface area contributed by atoms with E-state index in [4.69, 9.17) is 18.8 Å². The summed E-state index contributed by atoms with van der Waals surface area (Å²) in [5.41, 5.74) is 11.9. The van der Waals surface area contributed by atoms with E-state index in [9.17, 15) is 0 Å². The van der Waals surface area contributed by atoms with Crippen LogP contribution >= 0.6 is 0 Å². The van der Waals surface area contributed by atoms with Crippen LogP contribution in [-0.4, -0.2) is 9.97 Å². The maximum absolute atomic E-state index is 6.46. The summed E-state index contributed by atoms with van der Waals surface area (Å²) >= 11 is 0. The zero-order valence-corrected chi connectivity index (χ0v) is 27.9. The molecule has 0 saturated heterocycles. The van der Waals surface area contributed by atoms with Crippen molar-refractivity contribution in [3.63, 3.8) is 0 Å². The summed E-state index contributed by atoms with van der Waals surface area (Å²) in [6.45, 7) is 0. The SMILES string of the molecule is c1cc(-c2ccc(-c3nc(-c4ccc(-c5ccc6c(c5)oc5ccccc56)cc4)nc4ccccc34)cc2)c2c(c1)ccc1c3ccccc3oc12. The molecule has 0 amide bonds. The molecule has 0 N–H and O–H groups in total. The van der Waals surface area contributed by atoms with Gasteiger partial charge in [-0.25, -0.2) is 9.97 Å². The number of hydrogen-bond acceptors (Lipinski definition) is 4. The number of fused-ring (bicyclic) bond motifs is 9. The normalized spacial score (nSPS) is 11.8. The second-order valence-corrected chi connectivity index (χ2v) is 13.3. The number of nitrogens with zero attached hydrogens (tertiary/aromatic N) is 2. The van der Waals surface area contributed by atoms with Crippen molar-refractivity contribution in [3.8, 4) is 44.9 Å². The monoisotopic (exact) mass is 664 g/mol. The number of furan rings is 2. The van der Waals surface area contributed by atoms with Gasteiger partial charge in [0.25, 0.3) is 0 Å². The topological polar surface area (TPSA) is 52.1 Å². The summed E-state index contributed by atoms with van der Waals surface area (Å²) in [6.07, 6.45) is 0. The second kappa shape index (κ2) is 11.2. The Morgan fingerprint density at radius 2 is 0.981 bits per heavy atom. The lowest BCUT2D eigenvalue weighted by molar-refractivity contribution is 0.669. The van der Waals surface area contributed by atoms with Gasteiger partial charge in [0.1, 0.15) is 22.3 Å². The number of aromatic nitrogens is 2. The number of para-hydroxylation sites is 3. The Kier molecular flexibility index (Phi) is 6.22. The van der Waals surface area contributed by atoms with E-state index in [-0.39, 0.29) is 0 Å². The average Bonchev–Trinajstić information content (AvgIpc) is 3.78. The van der Waals surface area contributed by atoms with Crippen molar-refractivity contribution in [1.82, 2.24) is 9.97 Å². The molecule has 11 aromatic rings. The van der Waals surface area contributed by atoms with Crippen molar-refractivity contribution >= 4 is 65.6 Å². The van der Waals surface area contributed by atoms with Crippen LogP contribution in [0.4, 0.5) is 0 Å². The minimum atomic E-state index is 0.693. The Morgan fingerprint density at radius 1 is 0.365 bits per heavy atom. The van der Waals surface area contributed by atoms with Gasteiger partial charge in [-0.3, -0.25) is 0 Å². The van der Waals surface area contributed by atoms with Crippen molar-refractivity contribution in [2.75, 3.05) is 0 Å². The molecule has 0 bridgehead atoms. The van der Waals surface area contributed by atoms with Gasteiger partial charge in [-0.1, -0.05) is 133 Å². The van der Waals surface area contributed by atoms with Gasteiger partial charge in [-0.15, -0.1) is 0 Å². The number of benzene rings is 8. The minimum Gasteiger partial charge on any atom is -0.456 e. The molecule has 0 fully saturated rings. The van der Waals surface area contributed by atoms with Crippen molar-refractivity contribution in [1.29, 1.82) is 0 Å². The van der Waals surface area contributed by atoms with Gasteiger partial charge < -0.3 is 8.83 Å². The van der Waals surface area contributed by atoms with E-state index in [1.165, 1.54) is 0 Å². The van der Waals surface area contributed by atoms with Crippen LogP contribution in [0.5, 0.6) is 0 Å². The molecular formula is C48H28N2O2. The first-order valence-corrected chi connectivity index (χ1v) is 17.5. The third-order valence-corrected chi connectivity index (χ3v) is 10.3. The van der Waals surface area contributed by atoms with Gasteiger partial charge >= 0.3 is 0 Å². The van der Waals surface area contributed by atoms with Crippen LogP contribution < -0.4 is 0 Å². The summed E-state index contributed by atoms with van der Waals surface area (Å²) in [5, 5.41) is 7.82. The van der Waals surface area contributed by atoms with E-state index in [2.05, 4.69) is 127 Å². The smallest absolute Gasteiger partial charge is 0.160 e. The lowest BCUT2D eigenvalue weighted by atomic mass is 9.95. The molecule has 0 aliphatic heterocycles. The lowest BCUT2D eigenvalue weighted by Gasteiger charge is -2.12. The molecule has 0 atom stereocenters. The fourth-order valence-corrected chi connectivity index (χ4v) is 7.74. The molecular weight excluding hydrogens is 637 g/mol. The maximum atomic E-state index is 6.46. The van der Waals surface area contributed by atoms with E-state index >= 15 is 0 Å². The van der Waals surface area contributed by atoms with Crippen molar-refractivity contribution in [3.05, 3.63) is 170 Å². The molecule has 0 aliphatic rings. The molecule has 0 aliphatic carbocycles. The average molecular weight is 665 g/mol. The van der Waals surface area contributed by atoms with E-state index in [0.717, 1.165) is 105 Å². The third kappa shape index (κ3) is 4.48. The van der Waals surface area contributed by atoms with Crippen LogP contribution in [0.3, 0.4) is 0 Å². The Morgan fingerprint density at radius 3 is 1.81 bits per heavy atom. The molecule has 3 aromatic heterocycles. The van der Waals surface area contributed by atoms with E-state index < -0.39 is 0 Å². The van der Waals surface area contributed by atoms with E-state index in [1.54, 1.807) is 0 Å². The Bertz CT molecular complexity index is 3170. The van der Waals surface area contributed by atoms with Crippen LogP contribution in [0.15, 0.2) is 179 Å². The highest BCUT2D eigenvalue weighted by atomic mass is 16.3. The largest absolute Gasteiger partial charge is 0.456 e. The molecule has 3 heterocycles. The van der Waals surface area contributed by atoms with Gasteiger partial charge in [0, 0.05) is 43.4 Å². The van der Waals surface area contributed by atoms with Crippen molar-refractivity contribution in [2.24, 2.45) is 0 Å². The molecule has 0 spiro atoms. The summed E-state index contributed by atoms with van der Waals surface area (Å²) in [5.74, 6) is 0.693. The standard InChI is InChI=1S/C48H28N2O2/c1-4-13-41-40(11-1)46(50-48(49-41)33-22-16-29(17-23-33)34-25-26-38-36-9-2-5-14-42(36)51-44(38)28-34)32-20-18-30(19-21-32)35-12-7-8-31-24-27-39-37-10-3-6-15-43(37)52-47(39)45(31)35/h1-28H. The Labute approximate surface area is 298 Å². The Balaban J connectivity index is 0.975. The molecule has 242 valence electrons. The minimum absolute atomic E-state index is 0.693. The number of rotatable bonds is 4. The van der Waals surface area contributed by atoms with Crippen LogP contribution in [0.1, 0.15) is 0 Å². The fraction of sp³-hybridized carbons (Fsp3) is 0. The Hall–Kier alpha value is -7.04. The van der Waals surface area contributed by atoms with Crippen LogP contribution in [0, 0.1) is 0 Å². The van der Waals surface area contributed by atoms with Gasteiger partial charge in [0.15, 0.2) is 5.82 Å². The molecule has 52 heavy (non-hydrogen) atoms. The van der Waals surface area contributed by atoms with Crippen molar-refractivity contribution < 1.29 is 8.83 Å². The quantitative estimate of drug-likeness (QED) is 0.188. The molecule has 0 unspecified atom stereocenters. The van der Waals surface area contributed by atoms with Crippen LogP contribution in [0.25, 0.3) is 110 Å². The fourth-order valence-electron chi connectivity index (χ4n) is 7.74. The van der Waals surface area contributed by atoms with Gasteiger partial charge in [0.05, 0.1) is 11.2 Å². The second-order valence-electron chi connectivity index (χ2n) is 13.3. The third-order valence-electron chi connectivity index (χ3n) is 10.3. The van der Waals surface area contributed by atoms with Gasteiger partial charge in [0.2, 0.25) is 0 Å². The molecule has 4 nitrogen and oxygen atoms in total. The highest BCUT2D eigenvalue weighted by Crippen LogP contribution is 2.40. The highest BCUT2D eigenvalue weighted by Gasteiger charge is 2.16. The molecule has 0 saturated carbocycles. The summed E-state index contributed by atoms with van der Waals surface area (Å²) < 4.78 is 12.6. The van der Waals surface area contributed by atoms with Gasteiger partial charge in [-0.2, -0.15) is 0 Å². The first kappa shape index (κ1) is 28.8. The molecule has 8 aromatic carbocycles. The molecule has 11 rings (SSSR count). The van der Waals surface area contributed by atoms with E-state index in [1.807, 2.05) is 42.5 Å². The first-order valence-electron chi connectivity index (χ1n) is 17.5. The lowest BCUT2D eigenvalue weighted by Crippen LogP contribution is -1.95. The van der Waals surface area contributed by atoms with E-state index in [0.29, 0.717) is 5.82 Å². The van der Waals surface area contributed by atoms with Gasteiger partial charge in [-0.05, 0) is 64.0 Å². The summed E-state index contributed by atoms with van der Waals surface area (Å²) in [6, 6.07) is 59.1. The molecule has 0 radical (unpaired) electrons. The predicted molar refractivity (Wildman–Crippen MR) is 213 cm³/mol. The zero-order valence-electron chi connectivity index (χ0n) is 27.9. The zero-order chi connectivity index (χ0) is 34.2. The maximum Gasteiger partial charge on any atom is 0.160 e. The highest BCUT2D eigenvalue weighted by molar-refractivity contribution is 6.19. The summed E-state index contributed by atoms with van der Waals surface area (Å²) in [4.78, 5) is 10.2. The summed E-state index contributed by atoms with van der Waals surface area (Å²) in [7, 11) is 0. The predicted octanol–water partition coefficient (Wildman–Crippen LogP) is 13.2.